The molecule has 1 rings (SSSR count). The highest BCUT2D eigenvalue weighted by atomic mass is 32.1. The lowest BCUT2D eigenvalue weighted by Gasteiger charge is -1.61. The molecule has 1 N–H and O–H groups in total. The van der Waals surface area contributed by atoms with Gasteiger partial charge in [0, 0.05) is 6.20 Å². The van der Waals surface area contributed by atoms with Gasteiger partial charge in [0.05, 0.1) is 0 Å². The summed E-state index contributed by atoms with van der Waals surface area (Å²) in [5.41, 5.74) is 0. The van der Waals surface area contributed by atoms with Crippen molar-refractivity contribution < 1.29 is 0 Å². The molecule has 31 valence electrons. The van der Waals surface area contributed by atoms with Crippen LogP contribution in [-0.4, -0.2) is 10.2 Å². The van der Waals surface area contributed by atoms with Gasteiger partial charge in [-0.3, -0.25) is 5.10 Å². The maximum atomic E-state index is 4.60. The molecule has 1 aromatic rings. The van der Waals surface area contributed by atoms with Crippen molar-refractivity contribution in [2.45, 2.75) is 5.03 Å². The Morgan fingerprint density at radius 3 is 2.83 bits per heavy atom. The molecule has 1 radical (unpaired) electrons. The van der Waals surface area contributed by atoms with Gasteiger partial charge in [0.2, 0.25) is 0 Å². The molecule has 2 nitrogen and oxygen atoms in total. The molecule has 6 heavy (non-hydrogen) atoms. The summed E-state index contributed by atoms with van der Waals surface area (Å²) in [4.78, 5) is 0. The largest absolute Gasteiger partial charge is 0.284 e. The van der Waals surface area contributed by atoms with Crippen molar-refractivity contribution in [1.29, 1.82) is 0 Å². The van der Waals surface area contributed by atoms with E-state index in [-0.39, 0.29) is 0 Å². The molecule has 0 saturated carbocycles. The first-order valence-corrected chi connectivity index (χ1v) is 1.97. The van der Waals surface area contributed by atoms with Crippen LogP contribution in [0.4, 0.5) is 0 Å². The van der Waals surface area contributed by atoms with E-state index < -0.39 is 0 Å². The predicted molar refractivity (Wildman–Crippen MR) is 24.4 cm³/mol. The molecule has 0 saturated heterocycles. The van der Waals surface area contributed by atoms with Crippen LogP contribution in [0, 0.1) is 0 Å². The fourth-order valence-electron chi connectivity index (χ4n) is 0.247. The van der Waals surface area contributed by atoms with Crippen LogP contribution in [0.5, 0.6) is 0 Å². The highest BCUT2D eigenvalue weighted by Gasteiger charge is 1.78. The van der Waals surface area contributed by atoms with Gasteiger partial charge in [-0.1, -0.05) is 12.6 Å². The second-order valence-corrected chi connectivity index (χ2v) is 1.33. The topological polar surface area (TPSA) is 28.7 Å². The monoisotopic (exact) mass is 99.0 g/mol. The normalized spacial score (nSPS) is 8.67. The van der Waals surface area contributed by atoms with Gasteiger partial charge in [-0.05, 0) is 6.07 Å². The molecule has 0 unspecified atom stereocenters. The summed E-state index contributed by atoms with van der Waals surface area (Å²) in [5, 5.41) is 6.80. The zero-order chi connectivity index (χ0) is 4.41. The standard InChI is InChI=1S/C3H3N2S/c6-3-1-2-4-5-3/h1-2H,(H,4,5). The average molecular weight is 99.1 g/mol. The van der Waals surface area contributed by atoms with Crippen molar-refractivity contribution in [2.75, 3.05) is 0 Å². The first-order valence-electron chi connectivity index (χ1n) is 1.56. The van der Waals surface area contributed by atoms with Crippen LogP contribution in [0.25, 0.3) is 0 Å². The minimum atomic E-state index is 0.620. The summed E-state index contributed by atoms with van der Waals surface area (Å²) in [7, 11) is 0. The Bertz CT molecular complexity index is 112. The van der Waals surface area contributed by atoms with Gasteiger partial charge in [-0.15, -0.1) is 0 Å². The summed E-state index contributed by atoms with van der Waals surface area (Å²) in [5.74, 6) is 0. The van der Waals surface area contributed by atoms with E-state index in [2.05, 4.69) is 22.8 Å². The molecule has 3 heteroatoms. The third kappa shape index (κ3) is 0.490. The van der Waals surface area contributed by atoms with Crippen LogP contribution >= 0.6 is 12.6 Å². The van der Waals surface area contributed by atoms with Crippen molar-refractivity contribution in [2.24, 2.45) is 0 Å². The van der Waals surface area contributed by atoms with Gasteiger partial charge in [-0.25, -0.2) is 0 Å². The zero-order valence-electron chi connectivity index (χ0n) is 3.01. The van der Waals surface area contributed by atoms with Gasteiger partial charge in [-0.2, -0.15) is 5.10 Å². The molecule has 0 bridgehead atoms. The fraction of sp³-hybridized carbons (Fsp3) is 0. The molecule has 1 heterocycles. The lowest BCUT2D eigenvalue weighted by atomic mass is 10.8. The van der Waals surface area contributed by atoms with Crippen LogP contribution < -0.4 is 0 Å². The second kappa shape index (κ2) is 1.26. The lowest BCUT2D eigenvalue weighted by molar-refractivity contribution is 1.01. The van der Waals surface area contributed by atoms with Gasteiger partial charge in [0.25, 0.3) is 0 Å². The molecule has 0 aliphatic carbocycles. The van der Waals surface area contributed by atoms with Crippen LogP contribution in [0.3, 0.4) is 0 Å². The van der Waals surface area contributed by atoms with E-state index in [0.29, 0.717) is 5.03 Å². The van der Waals surface area contributed by atoms with Gasteiger partial charge >= 0.3 is 0 Å². The maximum absolute atomic E-state index is 4.60. The van der Waals surface area contributed by atoms with Crippen molar-refractivity contribution in [3.05, 3.63) is 12.3 Å². The Hall–Kier alpha value is -0.570. The Morgan fingerprint density at radius 1 is 1.83 bits per heavy atom. The third-order valence-corrected chi connectivity index (χ3v) is 0.703. The Labute approximate surface area is 41.0 Å². The van der Waals surface area contributed by atoms with Gasteiger partial charge in [0.1, 0.15) is 5.03 Å². The number of hydrogen-bond acceptors (Lipinski definition) is 1. The van der Waals surface area contributed by atoms with Crippen molar-refractivity contribution in [3.8, 4) is 0 Å². The minimum Gasteiger partial charge on any atom is -0.284 e. The summed E-state index contributed by atoms with van der Waals surface area (Å²) in [6.45, 7) is 0. The zero-order valence-corrected chi connectivity index (χ0v) is 3.83. The highest BCUT2D eigenvalue weighted by Crippen LogP contribution is 1.93. The molecule has 0 amide bonds. The average Bonchev–Trinajstić information content (AvgIpc) is 1.86. The number of rotatable bonds is 0. The van der Waals surface area contributed by atoms with Crippen LogP contribution in [0.2, 0.25) is 0 Å². The third-order valence-electron chi connectivity index (χ3n) is 0.475. The maximum Gasteiger partial charge on any atom is 0.147 e. The summed E-state index contributed by atoms with van der Waals surface area (Å²) in [6, 6.07) is 1.73. The number of H-pyrrole nitrogens is 1. The number of hydrogen-bond donors (Lipinski definition) is 1. The number of nitrogens with zero attached hydrogens (tertiary/aromatic N) is 1. The van der Waals surface area contributed by atoms with Crippen molar-refractivity contribution >= 4 is 12.6 Å². The van der Waals surface area contributed by atoms with Gasteiger partial charge < -0.3 is 0 Å². The molecule has 0 aliphatic rings. The van der Waals surface area contributed by atoms with Gasteiger partial charge in [0.15, 0.2) is 0 Å². The van der Waals surface area contributed by atoms with E-state index in [1.165, 1.54) is 0 Å². The number of aromatic amines is 1. The molecule has 0 aromatic carbocycles. The Morgan fingerprint density at radius 2 is 2.67 bits per heavy atom. The fourth-order valence-corrected chi connectivity index (χ4v) is 0.367. The van der Waals surface area contributed by atoms with E-state index in [0.717, 1.165) is 0 Å². The molecule has 1 aromatic heterocycles. The lowest BCUT2D eigenvalue weighted by Crippen LogP contribution is -1.60. The van der Waals surface area contributed by atoms with E-state index in [4.69, 9.17) is 0 Å². The van der Waals surface area contributed by atoms with Crippen LogP contribution in [0.15, 0.2) is 17.3 Å². The van der Waals surface area contributed by atoms with Crippen molar-refractivity contribution in [1.82, 2.24) is 10.2 Å². The van der Waals surface area contributed by atoms with E-state index in [1.54, 1.807) is 12.3 Å². The molecular formula is C3H3N2S. The molecule has 0 aliphatic heterocycles. The molecule has 0 atom stereocenters. The first kappa shape index (κ1) is 3.61. The SMILES string of the molecule is [S]c1cc[nH]n1. The minimum absolute atomic E-state index is 0.620. The highest BCUT2D eigenvalue weighted by molar-refractivity contribution is 7.80. The van der Waals surface area contributed by atoms with Crippen molar-refractivity contribution in [3.63, 3.8) is 0 Å². The second-order valence-electron chi connectivity index (χ2n) is 0.912. The quantitative estimate of drug-likeness (QED) is 0.515. The van der Waals surface area contributed by atoms with E-state index >= 15 is 0 Å². The summed E-state index contributed by atoms with van der Waals surface area (Å²) in [6.07, 6.45) is 1.70. The molecular weight excluding hydrogens is 96.1 g/mol. The predicted octanol–water partition coefficient (Wildman–Crippen LogP) is 0.966. The van der Waals surface area contributed by atoms with Crippen LogP contribution in [-0.2, 0) is 0 Å². The molecule has 0 fully saturated rings. The van der Waals surface area contributed by atoms with Crippen LogP contribution in [0.1, 0.15) is 0 Å². The Kier molecular flexibility index (Phi) is 0.759. The molecule has 0 spiro atoms. The smallest absolute Gasteiger partial charge is 0.147 e. The summed E-state index contributed by atoms with van der Waals surface area (Å²) < 4.78 is 0. The number of aromatic nitrogens is 2. The van der Waals surface area contributed by atoms with E-state index in [9.17, 15) is 0 Å². The Balaban J connectivity index is 3.05. The number of nitrogens with one attached hydrogen (secondary N) is 1. The summed E-state index contributed by atoms with van der Waals surface area (Å²) >= 11 is 4.60. The van der Waals surface area contributed by atoms with E-state index in [1.807, 2.05) is 0 Å². The first-order chi connectivity index (χ1) is 2.89.